The van der Waals surface area contributed by atoms with Crippen LogP contribution in [0.2, 0.25) is 0 Å². The number of para-hydroxylation sites is 1. The van der Waals surface area contributed by atoms with E-state index in [2.05, 4.69) is 15.4 Å². The summed E-state index contributed by atoms with van der Waals surface area (Å²) in [5.41, 5.74) is 2.44. The van der Waals surface area contributed by atoms with Gasteiger partial charge in [-0.1, -0.05) is 41.7 Å². The topological polar surface area (TPSA) is 112 Å². The van der Waals surface area contributed by atoms with Crippen molar-refractivity contribution < 1.29 is 13.2 Å². The summed E-state index contributed by atoms with van der Waals surface area (Å²) < 4.78 is 33.8. The second-order valence-corrected chi connectivity index (χ2v) is 10.00. The third kappa shape index (κ3) is 4.20. The van der Waals surface area contributed by atoms with E-state index in [1.165, 1.54) is 41.5 Å². The Bertz CT molecular complexity index is 1400. The van der Waals surface area contributed by atoms with Crippen LogP contribution in [0.25, 0.3) is 16.9 Å². The van der Waals surface area contributed by atoms with Crippen LogP contribution in [0, 0.1) is 0 Å². The van der Waals surface area contributed by atoms with E-state index >= 15 is 0 Å². The number of sulfonamides is 1. The molecule has 0 fully saturated rings. The Labute approximate surface area is 188 Å². The third-order valence-corrected chi connectivity index (χ3v) is 7.29. The summed E-state index contributed by atoms with van der Waals surface area (Å²) in [6.07, 6.45) is 0. The van der Waals surface area contributed by atoms with Crippen molar-refractivity contribution in [2.45, 2.75) is 11.5 Å². The molecule has 0 aliphatic carbocycles. The highest BCUT2D eigenvalue weighted by atomic mass is 32.2. The predicted molar refractivity (Wildman–Crippen MR) is 119 cm³/mol. The van der Waals surface area contributed by atoms with Crippen LogP contribution >= 0.6 is 11.3 Å². The molecule has 4 aromatic rings. The van der Waals surface area contributed by atoms with Gasteiger partial charge in [0, 0.05) is 37.6 Å². The normalized spacial score (nSPS) is 11.8. The second-order valence-electron chi connectivity index (χ2n) is 7.02. The number of aromatic nitrogens is 5. The summed E-state index contributed by atoms with van der Waals surface area (Å²) in [5.74, 6) is 0. The van der Waals surface area contributed by atoms with Crippen LogP contribution in [-0.4, -0.2) is 51.6 Å². The first-order valence-corrected chi connectivity index (χ1v) is 11.8. The average molecular weight is 473 g/mol. The van der Waals surface area contributed by atoms with E-state index in [1.54, 1.807) is 30.3 Å². The van der Waals surface area contributed by atoms with Crippen molar-refractivity contribution in [2.75, 3.05) is 14.1 Å². The van der Waals surface area contributed by atoms with Crippen molar-refractivity contribution in [1.82, 2.24) is 29.1 Å². The second kappa shape index (κ2) is 8.65. The SMILES string of the molecule is CN(C)S(=O)(=O)c1ccc(-c2csc(OCc3ccccc3-n3nnn(C)c3=O)n2)cc1. The number of hydrogen-bond donors (Lipinski definition) is 0. The van der Waals surface area contributed by atoms with Gasteiger partial charge in [-0.05, 0) is 28.6 Å². The van der Waals surface area contributed by atoms with Crippen molar-refractivity contribution in [3.63, 3.8) is 0 Å². The van der Waals surface area contributed by atoms with E-state index < -0.39 is 10.0 Å². The van der Waals surface area contributed by atoms with Gasteiger partial charge >= 0.3 is 5.69 Å². The molecule has 12 heteroatoms. The Balaban J connectivity index is 1.51. The molecule has 166 valence electrons. The van der Waals surface area contributed by atoms with Crippen molar-refractivity contribution in [3.05, 3.63) is 70.0 Å². The molecule has 10 nitrogen and oxygen atoms in total. The molecule has 2 heterocycles. The lowest BCUT2D eigenvalue weighted by Gasteiger charge is -2.11. The van der Waals surface area contributed by atoms with E-state index in [0.29, 0.717) is 16.6 Å². The number of ether oxygens (including phenoxy) is 1. The highest BCUT2D eigenvalue weighted by Gasteiger charge is 2.17. The molecule has 0 atom stereocenters. The fourth-order valence-electron chi connectivity index (χ4n) is 2.91. The zero-order valence-corrected chi connectivity index (χ0v) is 19.2. The summed E-state index contributed by atoms with van der Waals surface area (Å²) in [4.78, 5) is 16.9. The van der Waals surface area contributed by atoms with Crippen LogP contribution in [0.1, 0.15) is 5.56 Å². The molecule has 4 rings (SSSR count). The molecule has 0 unspecified atom stereocenters. The standard InChI is InChI=1S/C20H20N6O4S2/c1-24(2)32(28,29)16-10-8-14(9-11-16)17-13-31-19(21-17)30-12-15-6-4-5-7-18(15)26-20(27)25(3)22-23-26/h4-11,13H,12H2,1-3H3. The van der Waals surface area contributed by atoms with Crippen LogP contribution in [0.5, 0.6) is 5.19 Å². The van der Waals surface area contributed by atoms with Crippen LogP contribution in [0.4, 0.5) is 0 Å². The van der Waals surface area contributed by atoms with Gasteiger partial charge in [-0.25, -0.2) is 22.5 Å². The minimum absolute atomic E-state index is 0.187. The summed E-state index contributed by atoms with van der Waals surface area (Å²) in [5, 5.41) is 9.92. The lowest BCUT2D eigenvalue weighted by Crippen LogP contribution is -2.23. The van der Waals surface area contributed by atoms with Gasteiger partial charge in [0.25, 0.3) is 5.19 Å². The molecule has 2 aromatic carbocycles. The Morgan fingerprint density at radius 3 is 2.44 bits per heavy atom. The molecule has 0 spiro atoms. The summed E-state index contributed by atoms with van der Waals surface area (Å²) in [7, 11) is 1.03. The van der Waals surface area contributed by atoms with E-state index in [1.807, 2.05) is 23.6 Å². The zero-order chi connectivity index (χ0) is 22.9. The highest BCUT2D eigenvalue weighted by molar-refractivity contribution is 7.89. The van der Waals surface area contributed by atoms with Gasteiger partial charge in [-0.3, -0.25) is 0 Å². The molecular weight excluding hydrogens is 452 g/mol. The minimum atomic E-state index is -3.48. The van der Waals surface area contributed by atoms with E-state index in [-0.39, 0.29) is 17.2 Å². The molecule has 32 heavy (non-hydrogen) atoms. The molecule has 0 saturated heterocycles. The highest BCUT2D eigenvalue weighted by Crippen LogP contribution is 2.28. The van der Waals surface area contributed by atoms with Crippen LogP contribution < -0.4 is 10.4 Å². The third-order valence-electron chi connectivity index (χ3n) is 4.70. The molecule has 0 amide bonds. The maximum absolute atomic E-state index is 12.2. The summed E-state index contributed by atoms with van der Waals surface area (Å²) in [6, 6.07) is 13.8. The van der Waals surface area contributed by atoms with Crippen molar-refractivity contribution in [2.24, 2.45) is 7.05 Å². The minimum Gasteiger partial charge on any atom is -0.465 e. The molecule has 0 radical (unpaired) electrons. The smallest absolute Gasteiger partial charge is 0.368 e. The van der Waals surface area contributed by atoms with Gasteiger partial charge in [0.15, 0.2) is 0 Å². The zero-order valence-electron chi connectivity index (χ0n) is 17.5. The molecule has 0 aliphatic heterocycles. The van der Waals surface area contributed by atoms with E-state index in [0.717, 1.165) is 15.8 Å². The first-order valence-electron chi connectivity index (χ1n) is 9.46. The van der Waals surface area contributed by atoms with Crippen molar-refractivity contribution >= 4 is 21.4 Å². The number of tetrazole rings is 1. The quantitative estimate of drug-likeness (QED) is 0.404. The largest absolute Gasteiger partial charge is 0.465 e. The Morgan fingerprint density at radius 2 is 1.78 bits per heavy atom. The Kier molecular flexibility index (Phi) is 5.91. The Hall–Kier alpha value is -3.35. The predicted octanol–water partition coefficient (Wildman–Crippen LogP) is 1.92. The summed E-state index contributed by atoms with van der Waals surface area (Å²) in [6.45, 7) is 0.187. The number of aryl methyl sites for hydroxylation is 1. The first-order chi connectivity index (χ1) is 15.3. The van der Waals surface area contributed by atoms with Crippen molar-refractivity contribution in [3.8, 4) is 22.1 Å². The molecule has 0 bridgehead atoms. The number of rotatable bonds is 7. The van der Waals surface area contributed by atoms with Crippen molar-refractivity contribution in [1.29, 1.82) is 0 Å². The lowest BCUT2D eigenvalue weighted by molar-refractivity contribution is 0.304. The van der Waals surface area contributed by atoms with Crippen LogP contribution in [0.15, 0.2) is 63.6 Å². The van der Waals surface area contributed by atoms with Gasteiger partial charge in [0.05, 0.1) is 16.3 Å². The van der Waals surface area contributed by atoms with E-state index in [4.69, 9.17) is 4.74 Å². The van der Waals surface area contributed by atoms with Gasteiger partial charge in [0.2, 0.25) is 10.0 Å². The molecule has 0 saturated carbocycles. The maximum Gasteiger partial charge on any atom is 0.368 e. The summed E-state index contributed by atoms with van der Waals surface area (Å²) >= 11 is 1.33. The van der Waals surface area contributed by atoms with Gasteiger partial charge in [-0.15, -0.1) is 0 Å². The molecular formula is C20H20N6O4S2. The Morgan fingerprint density at radius 1 is 1.06 bits per heavy atom. The lowest BCUT2D eigenvalue weighted by atomic mass is 10.2. The number of hydrogen-bond acceptors (Lipinski definition) is 8. The molecule has 0 aliphatic rings. The first kappa shape index (κ1) is 21.9. The van der Waals surface area contributed by atoms with Crippen LogP contribution in [-0.2, 0) is 23.7 Å². The monoisotopic (exact) mass is 472 g/mol. The molecule has 2 aromatic heterocycles. The average Bonchev–Trinajstić information content (AvgIpc) is 3.39. The molecule has 0 N–H and O–H groups in total. The van der Waals surface area contributed by atoms with Gasteiger partial charge in [-0.2, -0.15) is 9.36 Å². The number of benzene rings is 2. The van der Waals surface area contributed by atoms with E-state index in [9.17, 15) is 13.2 Å². The van der Waals surface area contributed by atoms with Gasteiger partial charge in [0.1, 0.15) is 6.61 Å². The number of nitrogens with zero attached hydrogens (tertiary/aromatic N) is 6. The maximum atomic E-state index is 12.2. The van der Waals surface area contributed by atoms with Crippen LogP contribution in [0.3, 0.4) is 0 Å². The fourth-order valence-corrected chi connectivity index (χ4v) is 4.49. The van der Waals surface area contributed by atoms with Gasteiger partial charge < -0.3 is 4.74 Å². The fraction of sp³-hybridized carbons (Fsp3) is 0.200. The number of thiazole rings is 1.